The Bertz CT molecular complexity index is 502. The van der Waals surface area contributed by atoms with Gasteiger partial charge in [0.2, 0.25) is 0 Å². The molecule has 0 radical (unpaired) electrons. The number of hydrogen-bond acceptors (Lipinski definition) is 3. The van der Waals surface area contributed by atoms with E-state index >= 15 is 0 Å². The van der Waals surface area contributed by atoms with Crippen LogP contribution in [0.15, 0.2) is 30.3 Å². The third-order valence-corrected chi connectivity index (χ3v) is 3.15. The second-order valence-corrected chi connectivity index (χ2v) is 4.22. The van der Waals surface area contributed by atoms with Crippen LogP contribution in [0, 0.1) is 13.8 Å². The molecule has 4 nitrogen and oxygen atoms in total. The maximum Gasteiger partial charge on any atom is 0.0746 e. The van der Waals surface area contributed by atoms with Crippen LogP contribution in [0.4, 0.5) is 0 Å². The molecule has 0 spiro atoms. The normalized spacial score (nSPS) is 12.7. The lowest BCUT2D eigenvalue weighted by Gasteiger charge is -2.17. The van der Waals surface area contributed by atoms with Crippen molar-refractivity contribution in [1.29, 1.82) is 0 Å². The van der Waals surface area contributed by atoms with Gasteiger partial charge in [-0.05, 0) is 19.4 Å². The molecule has 1 atom stereocenters. The number of nitrogens with zero attached hydrogens (tertiary/aromatic N) is 2. The third-order valence-electron chi connectivity index (χ3n) is 3.15. The fourth-order valence-corrected chi connectivity index (χ4v) is 2.20. The molecule has 90 valence electrons. The highest BCUT2D eigenvalue weighted by Crippen LogP contribution is 2.26. The average molecular weight is 230 g/mol. The zero-order valence-corrected chi connectivity index (χ0v) is 10.4. The first-order valence-electron chi connectivity index (χ1n) is 5.66. The van der Waals surface area contributed by atoms with E-state index in [1.165, 1.54) is 0 Å². The lowest BCUT2D eigenvalue weighted by Crippen LogP contribution is -2.29. The number of aromatic nitrogens is 2. The van der Waals surface area contributed by atoms with E-state index in [1.54, 1.807) is 0 Å². The molecule has 17 heavy (non-hydrogen) atoms. The van der Waals surface area contributed by atoms with E-state index in [2.05, 4.69) is 29.6 Å². The summed E-state index contributed by atoms with van der Waals surface area (Å²) < 4.78 is 1.89. The summed E-state index contributed by atoms with van der Waals surface area (Å²) in [6.45, 7) is 4.07. The summed E-state index contributed by atoms with van der Waals surface area (Å²) in [6, 6.07) is 10.2. The van der Waals surface area contributed by atoms with Crippen molar-refractivity contribution in [1.82, 2.24) is 15.2 Å². The number of hydrazine groups is 1. The summed E-state index contributed by atoms with van der Waals surface area (Å²) in [5, 5.41) is 4.43. The van der Waals surface area contributed by atoms with Gasteiger partial charge in [-0.15, -0.1) is 0 Å². The van der Waals surface area contributed by atoms with Gasteiger partial charge in [0.1, 0.15) is 0 Å². The Balaban J connectivity index is 2.50. The standard InChI is InChI=1S/C13H18N4/c1-9-12(10(2)17(3)16-9)13(15-14)11-7-5-4-6-8-11/h4-8,13,15H,14H2,1-3H3. The van der Waals surface area contributed by atoms with Gasteiger partial charge < -0.3 is 0 Å². The van der Waals surface area contributed by atoms with Crippen molar-refractivity contribution >= 4 is 0 Å². The van der Waals surface area contributed by atoms with Crippen LogP contribution in [0.5, 0.6) is 0 Å². The van der Waals surface area contributed by atoms with E-state index in [0.29, 0.717) is 0 Å². The highest BCUT2D eigenvalue weighted by atomic mass is 15.3. The maximum atomic E-state index is 5.70. The van der Waals surface area contributed by atoms with Gasteiger partial charge in [-0.2, -0.15) is 5.10 Å². The Morgan fingerprint density at radius 2 is 1.88 bits per heavy atom. The first-order chi connectivity index (χ1) is 8.15. The summed E-state index contributed by atoms with van der Waals surface area (Å²) in [5.74, 6) is 5.70. The van der Waals surface area contributed by atoms with Crippen LogP contribution in [0.25, 0.3) is 0 Å². The van der Waals surface area contributed by atoms with Crippen LogP contribution in [0.3, 0.4) is 0 Å². The van der Waals surface area contributed by atoms with Gasteiger partial charge >= 0.3 is 0 Å². The smallest absolute Gasteiger partial charge is 0.0746 e. The van der Waals surface area contributed by atoms with Crippen LogP contribution in [0.2, 0.25) is 0 Å². The molecule has 0 bridgehead atoms. The summed E-state index contributed by atoms with van der Waals surface area (Å²) in [6.07, 6.45) is 0. The molecule has 1 aromatic heterocycles. The summed E-state index contributed by atoms with van der Waals surface area (Å²) in [5.41, 5.74) is 7.32. The van der Waals surface area contributed by atoms with Gasteiger partial charge in [0, 0.05) is 18.3 Å². The predicted octanol–water partition coefficient (Wildman–Crippen LogP) is 1.59. The summed E-state index contributed by atoms with van der Waals surface area (Å²) >= 11 is 0. The van der Waals surface area contributed by atoms with E-state index < -0.39 is 0 Å². The van der Waals surface area contributed by atoms with Gasteiger partial charge in [0.25, 0.3) is 0 Å². The number of nitrogens with one attached hydrogen (secondary N) is 1. The molecule has 2 rings (SSSR count). The molecule has 0 aliphatic rings. The van der Waals surface area contributed by atoms with Crippen molar-refractivity contribution in [2.75, 3.05) is 0 Å². The Kier molecular flexibility index (Phi) is 3.26. The van der Waals surface area contributed by atoms with E-state index in [0.717, 1.165) is 22.5 Å². The molecule has 3 N–H and O–H groups in total. The molecule has 1 aromatic carbocycles. The minimum Gasteiger partial charge on any atom is -0.272 e. The Labute approximate surface area is 101 Å². The molecule has 1 unspecified atom stereocenters. The molecule has 2 aromatic rings. The molecular formula is C13H18N4. The van der Waals surface area contributed by atoms with Crippen molar-refractivity contribution in [2.24, 2.45) is 12.9 Å². The summed E-state index contributed by atoms with van der Waals surface area (Å²) in [4.78, 5) is 0. The third kappa shape index (κ3) is 2.09. The zero-order valence-electron chi connectivity index (χ0n) is 10.4. The molecular weight excluding hydrogens is 212 g/mol. The van der Waals surface area contributed by atoms with E-state index in [9.17, 15) is 0 Å². The van der Waals surface area contributed by atoms with E-state index in [-0.39, 0.29) is 6.04 Å². The lowest BCUT2D eigenvalue weighted by molar-refractivity contribution is 0.628. The van der Waals surface area contributed by atoms with Crippen LogP contribution < -0.4 is 11.3 Å². The molecule has 1 heterocycles. The van der Waals surface area contributed by atoms with Gasteiger partial charge in [0.05, 0.1) is 11.7 Å². The minimum atomic E-state index is -0.00935. The molecule has 0 amide bonds. The molecule has 0 saturated carbocycles. The second-order valence-electron chi connectivity index (χ2n) is 4.22. The zero-order chi connectivity index (χ0) is 12.4. The van der Waals surface area contributed by atoms with Crippen molar-refractivity contribution in [3.05, 3.63) is 52.8 Å². The largest absolute Gasteiger partial charge is 0.272 e. The Hall–Kier alpha value is -1.65. The maximum absolute atomic E-state index is 5.70. The van der Waals surface area contributed by atoms with Crippen LogP contribution in [0.1, 0.15) is 28.6 Å². The fraction of sp³-hybridized carbons (Fsp3) is 0.308. The van der Waals surface area contributed by atoms with Crippen molar-refractivity contribution in [2.45, 2.75) is 19.9 Å². The topological polar surface area (TPSA) is 55.9 Å². The van der Waals surface area contributed by atoms with Crippen molar-refractivity contribution in [3.8, 4) is 0 Å². The Morgan fingerprint density at radius 1 is 1.24 bits per heavy atom. The number of benzene rings is 1. The highest BCUT2D eigenvalue weighted by Gasteiger charge is 2.20. The lowest BCUT2D eigenvalue weighted by atomic mass is 9.98. The van der Waals surface area contributed by atoms with Crippen LogP contribution in [-0.4, -0.2) is 9.78 Å². The van der Waals surface area contributed by atoms with Crippen LogP contribution >= 0.6 is 0 Å². The van der Waals surface area contributed by atoms with Gasteiger partial charge in [0.15, 0.2) is 0 Å². The SMILES string of the molecule is Cc1nn(C)c(C)c1C(NN)c1ccccc1. The Morgan fingerprint density at radius 3 is 2.35 bits per heavy atom. The van der Waals surface area contributed by atoms with E-state index in [4.69, 9.17) is 5.84 Å². The molecule has 0 aliphatic heterocycles. The molecule has 0 aliphatic carbocycles. The highest BCUT2D eigenvalue weighted by molar-refractivity contribution is 5.36. The van der Waals surface area contributed by atoms with Crippen molar-refractivity contribution in [3.63, 3.8) is 0 Å². The quantitative estimate of drug-likeness (QED) is 0.622. The number of nitrogens with two attached hydrogens (primary N) is 1. The minimum absolute atomic E-state index is 0.00935. The molecule has 0 fully saturated rings. The summed E-state index contributed by atoms with van der Waals surface area (Å²) in [7, 11) is 1.95. The number of aryl methyl sites for hydroxylation is 2. The molecule has 0 saturated heterocycles. The average Bonchev–Trinajstić information content (AvgIpc) is 2.58. The van der Waals surface area contributed by atoms with Gasteiger partial charge in [-0.1, -0.05) is 30.3 Å². The van der Waals surface area contributed by atoms with Gasteiger partial charge in [-0.25, -0.2) is 5.43 Å². The monoisotopic (exact) mass is 230 g/mol. The molecule has 4 heteroatoms. The van der Waals surface area contributed by atoms with Crippen molar-refractivity contribution < 1.29 is 0 Å². The van der Waals surface area contributed by atoms with Gasteiger partial charge in [-0.3, -0.25) is 10.5 Å². The van der Waals surface area contributed by atoms with E-state index in [1.807, 2.05) is 36.9 Å². The fourth-order valence-electron chi connectivity index (χ4n) is 2.20. The predicted molar refractivity (Wildman–Crippen MR) is 68.3 cm³/mol. The number of hydrogen-bond donors (Lipinski definition) is 2. The number of rotatable bonds is 3. The second kappa shape index (κ2) is 4.69. The van der Waals surface area contributed by atoms with Crippen LogP contribution in [-0.2, 0) is 7.05 Å². The first kappa shape index (κ1) is 11.8. The first-order valence-corrected chi connectivity index (χ1v) is 5.66.